The summed E-state index contributed by atoms with van der Waals surface area (Å²) in [7, 11) is 0. The second kappa shape index (κ2) is 13.2. The highest BCUT2D eigenvalue weighted by molar-refractivity contribution is 7.14. The van der Waals surface area contributed by atoms with Crippen molar-refractivity contribution < 1.29 is 28.7 Å². The largest absolute Gasteiger partial charge is 0.484 e. The summed E-state index contributed by atoms with van der Waals surface area (Å²) in [5.41, 5.74) is 1.52. The number of imide groups is 1. The van der Waals surface area contributed by atoms with Gasteiger partial charge in [-0.15, -0.1) is 11.3 Å². The van der Waals surface area contributed by atoms with Crippen LogP contribution in [0.5, 0.6) is 5.75 Å². The Kier molecular flexibility index (Phi) is 9.15. The van der Waals surface area contributed by atoms with E-state index >= 15 is 0 Å². The van der Waals surface area contributed by atoms with E-state index in [1.807, 2.05) is 30.3 Å². The molecule has 43 heavy (non-hydrogen) atoms. The highest BCUT2D eigenvalue weighted by Gasteiger charge is 2.47. The van der Waals surface area contributed by atoms with Gasteiger partial charge in [0.1, 0.15) is 23.5 Å². The molecule has 0 saturated carbocycles. The van der Waals surface area contributed by atoms with Crippen LogP contribution in [0.3, 0.4) is 0 Å². The Morgan fingerprint density at radius 2 is 1.77 bits per heavy atom. The smallest absolute Gasteiger partial charge is 0.325 e. The fourth-order valence-electron chi connectivity index (χ4n) is 5.27. The van der Waals surface area contributed by atoms with Crippen molar-refractivity contribution in [3.8, 4) is 5.75 Å². The molecule has 0 aliphatic carbocycles. The molecule has 1 aromatic heterocycles. The lowest BCUT2D eigenvalue weighted by Crippen LogP contribution is -2.50. The van der Waals surface area contributed by atoms with Gasteiger partial charge in [-0.3, -0.25) is 19.2 Å². The van der Waals surface area contributed by atoms with Crippen LogP contribution in [0, 0.1) is 0 Å². The number of Topliss-reactive ketones (excluding diaryl/α,β-unsaturated/α-hetero) is 1. The number of anilines is 1. The van der Waals surface area contributed by atoms with Gasteiger partial charge in [0, 0.05) is 30.8 Å². The summed E-state index contributed by atoms with van der Waals surface area (Å²) in [6.07, 6.45) is 2.27. The number of hydrogen-bond donors (Lipinski definition) is 2. The van der Waals surface area contributed by atoms with Crippen molar-refractivity contribution in [2.24, 2.45) is 0 Å². The highest BCUT2D eigenvalue weighted by Crippen LogP contribution is 2.32. The van der Waals surface area contributed by atoms with Crippen LogP contribution in [0.1, 0.15) is 66.7 Å². The third-order valence-corrected chi connectivity index (χ3v) is 8.45. The summed E-state index contributed by atoms with van der Waals surface area (Å²) in [6.45, 7) is 4.91. The van der Waals surface area contributed by atoms with Gasteiger partial charge in [0.05, 0.1) is 0 Å². The molecule has 5 rings (SSSR count). The first-order chi connectivity index (χ1) is 20.8. The topological polar surface area (TPSA) is 138 Å². The monoisotopic (exact) mass is 603 g/mol. The SMILES string of the molecule is CCC(=O)c1csc(NC(=O)[C@H]([C@@H](C)c2ccccc2)N2C(=O)N[C@H](c3ccc(OCC(=O)N4CCCC4)cc3)C2=O)n1. The van der Waals surface area contributed by atoms with Crippen LogP contribution < -0.4 is 15.4 Å². The number of nitrogens with one attached hydrogen (secondary N) is 2. The number of thiazole rings is 1. The lowest BCUT2D eigenvalue weighted by atomic mass is 9.91. The maximum Gasteiger partial charge on any atom is 0.325 e. The summed E-state index contributed by atoms with van der Waals surface area (Å²) >= 11 is 1.10. The zero-order valence-corrected chi connectivity index (χ0v) is 24.8. The van der Waals surface area contributed by atoms with Crippen molar-refractivity contribution in [1.29, 1.82) is 0 Å². The molecule has 0 spiro atoms. The van der Waals surface area contributed by atoms with Gasteiger partial charge in [-0.1, -0.05) is 56.3 Å². The fraction of sp³-hybridized carbons (Fsp3) is 0.355. The van der Waals surface area contributed by atoms with Gasteiger partial charge in [-0.05, 0) is 36.1 Å². The predicted molar refractivity (Wildman–Crippen MR) is 160 cm³/mol. The molecule has 3 heterocycles. The molecular weight excluding hydrogens is 570 g/mol. The Balaban J connectivity index is 1.33. The first-order valence-electron chi connectivity index (χ1n) is 14.3. The van der Waals surface area contributed by atoms with Crippen LogP contribution in [-0.4, -0.2) is 70.1 Å². The Bertz CT molecular complexity index is 1500. The maximum absolute atomic E-state index is 13.8. The van der Waals surface area contributed by atoms with E-state index in [1.54, 1.807) is 48.4 Å². The number of rotatable bonds is 11. The summed E-state index contributed by atoms with van der Waals surface area (Å²) in [6, 6.07) is 12.8. The number of nitrogens with zero attached hydrogens (tertiary/aromatic N) is 3. The van der Waals surface area contributed by atoms with E-state index in [1.165, 1.54) is 0 Å². The molecule has 11 nitrogen and oxygen atoms in total. The minimum Gasteiger partial charge on any atom is -0.484 e. The van der Waals surface area contributed by atoms with Crippen molar-refractivity contribution >= 4 is 46.0 Å². The average Bonchev–Trinajstić information content (AvgIpc) is 3.79. The van der Waals surface area contributed by atoms with Crippen LogP contribution in [0.2, 0.25) is 0 Å². The number of likely N-dealkylation sites (tertiary alicyclic amines) is 1. The molecule has 12 heteroatoms. The standard InChI is InChI=1S/C31H33N5O6S/c1-3-24(37)23-18-43-30(32-23)34-28(39)27(19(2)20-9-5-4-6-10-20)36-29(40)26(33-31(36)41)21-11-13-22(14-12-21)42-17-25(38)35-15-7-8-16-35/h4-6,9-14,18-19,26-27H,3,7-8,15-17H2,1-2H3,(H,33,41)(H,32,34,39)/t19-,26+,27-/m0/s1. The maximum atomic E-state index is 13.8. The number of carbonyl (C=O) groups is 5. The molecule has 2 aromatic carbocycles. The van der Waals surface area contributed by atoms with Gasteiger partial charge < -0.3 is 20.3 Å². The van der Waals surface area contributed by atoms with Crippen LogP contribution >= 0.6 is 11.3 Å². The molecule has 2 saturated heterocycles. The number of ketones is 1. The summed E-state index contributed by atoms with van der Waals surface area (Å²) in [4.78, 5) is 72.1. The molecule has 3 aromatic rings. The van der Waals surface area contributed by atoms with E-state index < -0.39 is 35.8 Å². The number of ether oxygens (including phenoxy) is 1. The van der Waals surface area contributed by atoms with Gasteiger partial charge in [-0.2, -0.15) is 0 Å². The van der Waals surface area contributed by atoms with Crippen molar-refractivity contribution in [3.63, 3.8) is 0 Å². The summed E-state index contributed by atoms with van der Waals surface area (Å²) in [5, 5.41) is 7.19. The van der Waals surface area contributed by atoms with Crippen LogP contribution in [0.25, 0.3) is 0 Å². The molecular formula is C31H33N5O6S. The second-order valence-electron chi connectivity index (χ2n) is 10.5. The average molecular weight is 604 g/mol. The van der Waals surface area contributed by atoms with Gasteiger partial charge in [0.25, 0.3) is 11.8 Å². The third-order valence-electron chi connectivity index (χ3n) is 7.69. The molecule has 2 fully saturated rings. The molecule has 0 radical (unpaired) electrons. The van der Waals surface area contributed by atoms with E-state index in [0.29, 0.717) is 11.3 Å². The molecule has 0 unspecified atom stereocenters. The van der Waals surface area contributed by atoms with Gasteiger partial charge in [0.15, 0.2) is 17.5 Å². The number of benzene rings is 2. The van der Waals surface area contributed by atoms with E-state index in [4.69, 9.17) is 4.74 Å². The molecule has 0 bridgehead atoms. The quantitative estimate of drug-likeness (QED) is 0.248. The lowest BCUT2D eigenvalue weighted by molar-refractivity contribution is -0.134. The van der Waals surface area contributed by atoms with Crippen LogP contribution in [-0.2, 0) is 14.4 Å². The Labute approximate surface area is 253 Å². The molecule has 5 amide bonds. The van der Waals surface area contributed by atoms with E-state index in [0.717, 1.165) is 47.7 Å². The highest BCUT2D eigenvalue weighted by atomic mass is 32.1. The van der Waals surface area contributed by atoms with Crippen LogP contribution in [0.4, 0.5) is 9.93 Å². The summed E-state index contributed by atoms with van der Waals surface area (Å²) in [5.74, 6) is -1.50. The number of carbonyl (C=O) groups excluding carboxylic acids is 5. The van der Waals surface area contributed by atoms with Gasteiger partial charge in [-0.25, -0.2) is 14.7 Å². The number of amides is 5. The zero-order valence-electron chi connectivity index (χ0n) is 23.9. The first-order valence-corrected chi connectivity index (χ1v) is 15.1. The Morgan fingerprint density at radius 3 is 2.44 bits per heavy atom. The molecule has 224 valence electrons. The lowest BCUT2D eigenvalue weighted by Gasteiger charge is -2.29. The Hall–Kier alpha value is -4.58. The van der Waals surface area contributed by atoms with Crippen molar-refractivity contribution in [2.45, 2.75) is 51.1 Å². The molecule has 3 atom stereocenters. The number of aromatic nitrogens is 1. The molecule has 2 N–H and O–H groups in total. The minimum absolute atomic E-state index is 0.0711. The van der Waals surface area contributed by atoms with E-state index in [2.05, 4.69) is 15.6 Å². The molecule has 2 aliphatic heterocycles. The predicted octanol–water partition coefficient (Wildman–Crippen LogP) is 4.14. The normalized spacial score (nSPS) is 17.9. The number of hydrogen-bond acceptors (Lipinski definition) is 8. The van der Waals surface area contributed by atoms with E-state index in [9.17, 15) is 24.0 Å². The fourth-order valence-corrected chi connectivity index (χ4v) is 5.99. The minimum atomic E-state index is -1.20. The Morgan fingerprint density at radius 1 is 1.07 bits per heavy atom. The van der Waals surface area contributed by atoms with Crippen molar-refractivity contribution in [1.82, 2.24) is 20.1 Å². The molecule has 2 aliphatic rings. The van der Waals surface area contributed by atoms with Crippen LogP contribution in [0.15, 0.2) is 60.0 Å². The number of urea groups is 1. The summed E-state index contributed by atoms with van der Waals surface area (Å²) < 4.78 is 5.64. The van der Waals surface area contributed by atoms with Crippen molar-refractivity contribution in [3.05, 3.63) is 76.8 Å². The first kappa shape index (κ1) is 29.9. The second-order valence-corrected chi connectivity index (χ2v) is 11.3. The van der Waals surface area contributed by atoms with E-state index in [-0.39, 0.29) is 35.5 Å². The van der Waals surface area contributed by atoms with Gasteiger partial charge >= 0.3 is 6.03 Å². The zero-order chi connectivity index (χ0) is 30.5. The van der Waals surface area contributed by atoms with Crippen molar-refractivity contribution in [2.75, 3.05) is 25.0 Å². The van der Waals surface area contributed by atoms with Gasteiger partial charge in [0.2, 0.25) is 5.91 Å². The third kappa shape index (κ3) is 6.59.